The van der Waals surface area contributed by atoms with Gasteiger partial charge in [0.05, 0.1) is 22.7 Å². The predicted octanol–water partition coefficient (Wildman–Crippen LogP) is 4.54. The number of nitrogens with one attached hydrogen (secondary N) is 1. The van der Waals surface area contributed by atoms with Crippen LogP contribution in [0.2, 0.25) is 0 Å². The van der Waals surface area contributed by atoms with Crippen LogP contribution in [0.5, 0.6) is 0 Å². The first-order valence-electron chi connectivity index (χ1n) is 11.2. The summed E-state index contributed by atoms with van der Waals surface area (Å²) in [5, 5.41) is 11.0. The van der Waals surface area contributed by atoms with Gasteiger partial charge in [0.2, 0.25) is 0 Å². The van der Waals surface area contributed by atoms with Crippen LogP contribution in [0.3, 0.4) is 0 Å². The smallest absolute Gasteiger partial charge is 0.270 e. The summed E-state index contributed by atoms with van der Waals surface area (Å²) in [4.78, 5) is 33.5. The standard InChI is InChI=1S/C24H26N4O4/c29-24-20-15-27(12-11-21(20)25-23(26-24)16-5-2-1-3-6-16)14-19-9-10-22(32-19)17-7-4-8-18(13-17)28(30)31/h4,7-10,13,16H,1-3,5-6,11-12,14-15H2,(H,25,26,29). The number of rotatable bonds is 5. The number of non-ortho nitro benzene ring substituents is 1. The molecule has 1 aliphatic carbocycles. The predicted molar refractivity (Wildman–Crippen MR) is 119 cm³/mol. The lowest BCUT2D eigenvalue weighted by Gasteiger charge is -2.28. The van der Waals surface area contributed by atoms with Gasteiger partial charge in [0.15, 0.2) is 0 Å². The summed E-state index contributed by atoms with van der Waals surface area (Å²) in [5.41, 5.74) is 2.37. The molecule has 8 heteroatoms. The second-order valence-electron chi connectivity index (χ2n) is 8.75. The number of nitro groups is 1. The summed E-state index contributed by atoms with van der Waals surface area (Å²) in [6.45, 7) is 1.91. The highest BCUT2D eigenvalue weighted by Crippen LogP contribution is 2.31. The van der Waals surface area contributed by atoms with Crippen LogP contribution in [0, 0.1) is 10.1 Å². The maximum atomic E-state index is 12.8. The number of nitrogens with zero attached hydrogens (tertiary/aromatic N) is 3. The number of furan rings is 1. The lowest BCUT2D eigenvalue weighted by Crippen LogP contribution is -2.36. The van der Waals surface area contributed by atoms with Gasteiger partial charge in [-0.1, -0.05) is 31.4 Å². The first-order chi connectivity index (χ1) is 15.6. The Balaban J connectivity index is 1.29. The molecule has 1 N–H and O–H groups in total. The van der Waals surface area contributed by atoms with E-state index in [9.17, 15) is 14.9 Å². The van der Waals surface area contributed by atoms with E-state index < -0.39 is 4.92 Å². The molecular weight excluding hydrogens is 408 g/mol. The third-order valence-corrected chi connectivity index (χ3v) is 6.54. The molecule has 1 saturated carbocycles. The molecule has 166 valence electrons. The fourth-order valence-corrected chi connectivity index (χ4v) is 4.82. The molecule has 0 atom stereocenters. The summed E-state index contributed by atoms with van der Waals surface area (Å²) in [7, 11) is 0. The van der Waals surface area contributed by atoms with Crippen molar-refractivity contribution in [3.63, 3.8) is 0 Å². The zero-order chi connectivity index (χ0) is 22.1. The first kappa shape index (κ1) is 20.6. The monoisotopic (exact) mass is 434 g/mol. The van der Waals surface area contributed by atoms with E-state index in [2.05, 4.69) is 9.88 Å². The van der Waals surface area contributed by atoms with E-state index >= 15 is 0 Å². The summed E-state index contributed by atoms with van der Waals surface area (Å²) in [6.07, 6.45) is 6.66. The van der Waals surface area contributed by atoms with Crippen LogP contribution in [-0.2, 0) is 19.5 Å². The molecule has 1 fully saturated rings. The maximum absolute atomic E-state index is 12.8. The zero-order valence-electron chi connectivity index (χ0n) is 17.9. The van der Waals surface area contributed by atoms with Crippen molar-refractivity contribution in [1.82, 2.24) is 14.9 Å². The van der Waals surface area contributed by atoms with Crippen molar-refractivity contribution in [1.29, 1.82) is 0 Å². The molecule has 8 nitrogen and oxygen atoms in total. The highest BCUT2D eigenvalue weighted by Gasteiger charge is 2.25. The average Bonchev–Trinajstić information content (AvgIpc) is 3.28. The molecule has 1 aromatic carbocycles. The van der Waals surface area contributed by atoms with Crippen molar-refractivity contribution in [2.45, 2.75) is 57.5 Å². The molecule has 2 aromatic heterocycles. The Morgan fingerprint density at radius 3 is 2.84 bits per heavy atom. The van der Waals surface area contributed by atoms with Gasteiger partial charge in [-0.15, -0.1) is 0 Å². The van der Waals surface area contributed by atoms with Crippen molar-refractivity contribution >= 4 is 5.69 Å². The Bertz CT molecular complexity index is 1190. The van der Waals surface area contributed by atoms with Gasteiger partial charge < -0.3 is 9.40 Å². The number of nitro benzene ring substituents is 1. The van der Waals surface area contributed by atoms with Crippen molar-refractivity contribution in [3.05, 3.63) is 79.7 Å². The zero-order valence-corrected chi connectivity index (χ0v) is 17.9. The lowest BCUT2D eigenvalue weighted by molar-refractivity contribution is -0.384. The number of H-pyrrole nitrogens is 1. The van der Waals surface area contributed by atoms with Gasteiger partial charge in [-0.3, -0.25) is 19.8 Å². The average molecular weight is 434 g/mol. The quantitative estimate of drug-likeness (QED) is 0.467. The second kappa shape index (κ2) is 8.70. The Labute approximate surface area is 185 Å². The molecule has 1 aliphatic heterocycles. The van der Waals surface area contributed by atoms with Crippen LogP contribution in [0.25, 0.3) is 11.3 Å². The van der Waals surface area contributed by atoms with Crippen LogP contribution in [0.15, 0.2) is 45.6 Å². The molecular formula is C24H26N4O4. The highest BCUT2D eigenvalue weighted by atomic mass is 16.6. The van der Waals surface area contributed by atoms with E-state index in [1.54, 1.807) is 12.1 Å². The van der Waals surface area contributed by atoms with Crippen LogP contribution in [-0.4, -0.2) is 26.3 Å². The molecule has 0 saturated heterocycles. The molecule has 2 aliphatic rings. The summed E-state index contributed by atoms with van der Waals surface area (Å²) in [6, 6.07) is 10.1. The van der Waals surface area contributed by atoms with Gasteiger partial charge in [-0.05, 0) is 25.0 Å². The van der Waals surface area contributed by atoms with E-state index in [-0.39, 0.29) is 11.2 Å². The van der Waals surface area contributed by atoms with Crippen molar-refractivity contribution < 1.29 is 9.34 Å². The molecule has 0 unspecified atom stereocenters. The molecule has 3 heterocycles. The fourth-order valence-electron chi connectivity index (χ4n) is 4.82. The molecule has 5 rings (SSSR count). The molecule has 0 spiro atoms. The maximum Gasteiger partial charge on any atom is 0.270 e. The lowest BCUT2D eigenvalue weighted by atomic mass is 9.88. The van der Waals surface area contributed by atoms with Crippen LogP contribution in [0.1, 0.15) is 60.9 Å². The first-order valence-corrected chi connectivity index (χ1v) is 11.2. The number of aromatic amines is 1. The minimum atomic E-state index is -0.413. The molecule has 32 heavy (non-hydrogen) atoms. The minimum absolute atomic E-state index is 0.0167. The topological polar surface area (TPSA) is 105 Å². The van der Waals surface area contributed by atoms with E-state index in [1.165, 1.54) is 31.4 Å². The van der Waals surface area contributed by atoms with Gasteiger partial charge >= 0.3 is 0 Å². The largest absolute Gasteiger partial charge is 0.460 e. The van der Waals surface area contributed by atoms with Gasteiger partial charge in [-0.25, -0.2) is 4.98 Å². The Hall–Kier alpha value is -3.26. The molecule has 0 amide bonds. The number of fused-ring (bicyclic) bond motifs is 1. The number of hydrogen-bond acceptors (Lipinski definition) is 6. The van der Waals surface area contributed by atoms with Gasteiger partial charge in [-0.2, -0.15) is 0 Å². The molecule has 0 bridgehead atoms. The van der Waals surface area contributed by atoms with Crippen LogP contribution < -0.4 is 5.56 Å². The SMILES string of the molecule is O=c1[nH]c(C2CCCCC2)nc2c1CN(Cc1ccc(-c3cccc([N+](=O)[O-])c3)o1)CC2. The van der Waals surface area contributed by atoms with Gasteiger partial charge in [0, 0.05) is 43.1 Å². The Kier molecular flexibility index (Phi) is 5.61. The Morgan fingerprint density at radius 1 is 1.19 bits per heavy atom. The fraction of sp³-hybridized carbons (Fsp3) is 0.417. The van der Waals surface area contributed by atoms with Crippen LogP contribution in [0.4, 0.5) is 5.69 Å². The van der Waals surface area contributed by atoms with E-state index in [0.29, 0.717) is 30.3 Å². The summed E-state index contributed by atoms with van der Waals surface area (Å²) in [5.74, 6) is 2.61. The Morgan fingerprint density at radius 2 is 2.03 bits per heavy atom. The number of hydrogen-bond donors (Lipinski definition) is 1. The number of aromatic nitrogens is 2. The number of benzene rings is 1. The van der Waals surface area contributed by atoms with E-state index in [4.69, 9.17) is 9.40 Å². The second-order valence-corrected chi connectivity index (χ2v) is 8.75. The van der Waals surface area contributed by atoms with Gasteiger partial charge in [0.25, 0.3) is 11.2 Å². The molecule has 0 radical (unpaired) electrons. The van der Waals surface area contributed by atoms with Crippen molar-refractivity contribution in [2.75, 3.05) is 6.54 Å². The molecule has 3 aromatic rings. The van der Waals surface area contributed by atoms with Crippen LogP contribution >= 0.6 is 0 Å². The van der Waals surface area contributed by atoms with E-state index in [0.717, 1.165) is 48.6 Å². The van der Waals surface area contributed by atoms with E-state index in [1.807, 2.05) is 12.1 Å². The normalized spacial score (nSPS) is 17.2. The van der Waals surface area contributed by atoms with Crippen molar-refractivity contribution in [3.8, 4) is 11.3 Å². The minimum Gasteiger partial charge on any atom is -0.460 e. The summed E-state index contributed by atoms with van der Waals surface area (Å²) >= 11 is 0. The third kappa shape index (κ3) is 4.23. The highest BCUT2D eigenvalue weighted by molar-refractivity contribution is 5.61. The summed E-state index contributed by atoms with van der Waals surface area (Å²) < 4.78 is 5.96. The van der Waals surface area contributed by atoms with Gasteiger partial charge in [0.1, 0.15) is 17.3 Å². The van der Waals surface area contributed by atoms with Crippen molar-refractivity contribution in [2.24, 2.45) is 0 Å². The third-order valence-electron chi connectivity index (χ3n) is 6.54.